The molecule has 0 aliphatic heterocycles. The Hall–Kier alpha value is 0.0600. The van der Waals surface area contributed by atoms with Gasteiger partial charge in [-0.2, -0.15) is 26.0 Å². The van der Waals surface area contributed by atoms with Gasteiger partial charge >= 0.3 is 56.8 Å². The van der Waals surface area contributed by atoms with Crippen LogP contribution >= 0.6 is 0 Å². The monoisotopic (exact) mass is 442 g/mol. The van der Waals surface area contributed by atoms with Crippen molar-refractivity contribution in [3.8, 4) is 0 Å². The van der Waals surface area contributed by atoms with Gasteiger partial charge in [0.15, 0.2) is 0 Å². The maximum absolute atomic E-state index is 14.2. The Balaban J connectivity index is 0.00000280. The Kier molecular flexibility index (Phi) is 6.37. The third kappa shape index (κ3) is 4.12. The van der Waals surface area contributed by atoms with E-state index in [1.807, 2.05) is 0 Å². The van der Waals surface area contributed by atoms with Gasteiger partial charge in [0, 0.05) is 12.3 Å². The molecule has 0 radical (unpaired) electrons. The molecule has 4 aliphatic carbocycles. The van der Waals surface area contributed by atoms with Crippen LogP contribution in [0.25, 0.3) is 0 Å². The molecule has 12 heteroatoms. The molecule has 158 valence electrons. The fourth-order valence-electron chi connectivity index (χ4n) is 5.78. The fraction of sp³-hybridized carbons (Fsp3) is 0.938. The third-order valence-corrected chi connectivity index (χ3v) is 7.20. The first-order valence-corrected chi connectivity index (χ1v) is 10.2. The van der Waals surface area contributed by atoms with Crippen molar-refractivity contribution >= 4 is 45.6 Å². The van der Waals surface area contributed by atoms with Crippen LogP contribution in [0.1, 0.15) is 51.9 Å². The van der Waals surface area contributed by atoms with E-state index in [4.69, 9.17) is 9.29 Å². The van der Waals surface area contributed by atoms with Crippen molar-refractivity contribution < 1.29 is 45.2 Å². The summed E-state index contributed by atoms with van der Waals surface area (Å²) < 4.78 is 90.9. The first kappa shape index (κ1) is 24.3. The zero-order chi connectivity index (χ0) is 20.5. The second-order valence-corrected chi connectivity index (χ2v) is 10.0. The van der Waals surface area contributed by atoms with Gasteiger partial charge in [-0.1, -0.05) is 0 Å². The predicted octanol–water partition coefficient (Wildman–Crippen LogP) is 2.11. The van der Waals surface area contributed by atoms with E-state index in [0.717, 1.165) is 13.3 Å². The Morgan fingerprint density at radius 1 is 1.18 bits per heavy atom. The van der Waals surface area contributed by atoms with E-state index >= 15 is 0 Å². The number of alkyl halides is 4. The molecule has 4 fully saturated rings. The van der Waals surface area contributed by atoms with Crippen molar-refractivity contribution in [2.75, 3.05) is 0 Å². The molecule has 0 aromatic rings. The molecule has 6 nitrogen and oxygen atoms in total. The van der Waals surface area contributed by atoms with Crippen LogP contribution in [0.15, 0.2) is 0 Å². The van der Waals surface area contributed by atoms with Gasteiger partial charge in [-0.25, -0.2) is 0 Å². The summed E-state index contributed by atoms with van der Waals surface area (Å²) in [6.07, 6.45) is -1.02. The zero-order valence-electron chi connectivity index (χ0n) is 14.6. The van der Waals surface area contributed by atoms with Gasteiger partial charge in [0.25, 0.3) is 0 Å². The van der Waals surface area contributed by atoms with Gasteiger partial charge in [-0.3, -0.25) is 9.35 Å². The molecule has 0 aromatic heterocycles. The van der Waals surface area contributed by atoms with Crippen LogP contribution in [0, 0.1) is 17.3 Å². The summed E-state index contributed by atoms with van der Waals surface area (Å²) in [4.78, 5) is 11.5. The number of hydrogen-bond donors (Lipinski definition) is 2. The summed E-state index contributed by atoms with van der Waals surface area (Å²) >= 11 is 0. The molecular formula is C16H23F4NaO6S. The molecule has 3 atom stereocenters. The molecule has 4 bridgehead atoms. The Bertz CT molecular complexity index is 729. The average molecular weight is 442 g/mol. The fourth-order valence-corrected chi connectivity index (χ4v) is 6.25. The van der Waals surface area contributed by atoms with Crippen molar-refractivity contribution in [1.29, 1.82) is 0 Å². The molecule has 4 aliphatic rings. The van der Waals surface area contributed by atoms with Crippen LogP contribution < -0.4 is 0 Å². The molecule has 0 amide bonds. The first-order valence-electron chi connectivity index (χ1n) is 8.71. The van der Waals surface area contributed by atoms with Crippen molar-refractivity contribution in [3.05, 3.63) is 0 Å². The number of halogens is 4. The summed E-state index contributed by atoms with van der Waals surface area (Å²) in [5.74, 6) is -6.11. The quantitative estimate of drug-likeness (QED) is 0.283. The molecule has 2 N–H and O–H groups in total. The SMILES string of the molecule is CC(=O)OC(CC(F)(F)C(F)(F)S(=O)(=O)O)C12CC3CC(CC(O)(C3)C1)C2.[NaH]. The molecule has 28 heavy (non-hydrogen) atoms. The number of hydrogen-bond acceptors (Lipinski definition) is 5. The van der Waals surface area contributed by atoms with Crippen molar-refractivity contribution in [3.63, 3.8) is 0 Å². The van der Waals surface area contributed by atoms with E-state index in [1.165, 1.54) is 0 Å². The Morgan fingerprint density at radius 2 is 1.68 bits per heavy atom. The molecule has 0 saturated heterocycles. The van der Waals surface area contributed by atoms with E-state index in [1.54, 1.807) is 0 Å². The summed E-state index contributed by atoms with van der Waals surface area (Å²) in [6, 6.07) is 0. The van der Waals surface area contributed by atoms with Crippen molar-refractivity contribution in [2.45, 2.75) is 74.8 Å². The number of carbonyl (C=O) groups is 1. The third-order valence-electron chi connectivity index (χ3n) is 6.26. The molecular weight excluding hydrogens is 419 g/mol. The topological polar surface area (TPSA) is 101 Å². The van der Waals surface area contributed by atoms with Crippen LogP contribution in [0.2, 0.25) is 0 Å². The molecule has 4 rings (SSSR count). The second kappa shape index (κ2) is 7.33. The molecule has 0 spiro atoms. The van der Waals surface area contributed by atoms with Crippen LogP contribution in [-0.2, 0) is 19.6 Å². The van der Waals surface area contributed by atoms with Gasteiger partial charge in [0.1, 0.15) is 6.10 Å². The van der Waals surface area contributed by atoms with E-state index in [0.29, 0.717) is 25.7 Å². The van der Waals surface area contributed by atoms with Gasteiger partial charge in [-0.15, -0.1) is 0 Å². The van der Waals surface area contributed by atoms with Crippen LogP contribution in [0.3, 0.4) is 0 Å². The number of esters is 1. The predicted molar refractivity (Wildman–Crippen MR) is 90.8 cm³/mol. The standard InChI is InChI=1S/C16H22F4O6S.Na.H/c1-9(21)26-12(7-15(17,18)16(19,20)27(23,24)25)13-3-10-2-11(4-13)6-14(22,5-10)8-13;;/h10-12,22H,2-8H2,1H3,(H,23,24,25);;. The number of ether oxygens (including phenoxy) is 1. The first-order chi connectivity index (χ1) is 12.1. The summed E-state index contributed by atoms with van der Waals surface area (Å²) in [7, 11) is -6.38. The number of aliphatic hydroxyl groups is 1. The number of carbonyl (C=O) groups excluding carboxylic acids is 1. The molecule has 0 aromatic carbocycles. The van der Waals surface area contributed by atoms with E-state index < -0.39 is 50.8 Å². The molecule has 0 heterocycles. The van der Waals surface area contributed by atoms with Crippen LogP contribution in [-0.4, -0.2) is 76.5 Å². The maximum atomic E-state index is 14.2. The zero-order valence-corrected chi connectivity index (χ0v) is 15.4. The summed E-state index contributed by atoms with van der Waals surface area (Å²) in [5.41, 5.74) is -2.24. The van der Waals surface area contributed by atoms with E-state index in [-0.39, 0.29) is 47.8 Å². The van der Waals surface area contributed by atoms with Crippen LogP contribution in [0.5, 0.6) is 0 Å². The normalized spacial score (nSPS) is 36.0. The van der Waals surface area contributed by atoms with Crippen molar-refractivity contribution in [2.24, 2.45) is 17.3 Å². The van der Waals surface area contributed by atoms with Gasteiger partial charge in [-0.05, 0) is 50.4 Å². The summed E-state index contributed by atoms with van der Waals surface area (Å²) in [6.45, 7) is 0.946. The van der Waals surface area contributed by atoms with Gasteiger partial charge in [0.2, 0.25) is 0 Å². The minimum atomic E-state index is -6.38. The minimum absolute atomic E-state index is 0. The average Bonchev–Trinajstić information content (AvgIpc) is 2.41. The number of rotatable bonds is 6. The van der Waals surface area contributed by atoms with Crippen molar-refractivity contribution in [1.82, 2.24) is 0 Å². The second-order valence-electron chi connectivity index (χ2n) is 8.55. The van der Waals surface area contributed by atoms with Gasteiger partial charge in [0.05, 0.1) is 12.0 Å². The van der Waals surface area contributed by atoms with E-state index in [9.17, 15) is 35.9 Å². The van der Waals surface area contributed by atoms with Crippen LogP contribution in [0.4, 0.5) is 17.6 Å². The molecule has 4 saturated carbocycles. The van der Waals surface area contributed by atoms with Gasteiger partial charge < -0.3 is 9.84 Å². The Labute approximate surface area is 182 Å². The Morgan fingerprint density at radius 3 is 2.07 bits per heavy atom. The summed E-state index contributed by atoms with van der Waals surface area (Å²) in [5, 5.41) is 5.00. The van der Waals surface area contributed by atoms with E-state index in [2.05, 4.69) is 0 Å². The molecule has 3 unspecified atom stereocenters.